The van der Waals surface area contributed by atoms with Crippen molar-refractivity contribution in [2.45, 2.75) is 0 Å². The Hall–Kier alpha value is -5.98. The minimum atomic E-state index is 1.20. The molecule has 0 saturated heterocycles. The van der Waals surface area contributed by atoms with Gasteiger partial charge in [-0.05, 0) is 72.8 Å². The topological polar surface area (TPSA) is 9.86 Å². The molecule has 53 heavy (non-hydrogen) atoms. The van der Waals surface area contributed by atoms with Crippen LogP contribution in [0.2, 0.25) is 0 Å². The Kier molecular flexibility index (Phi) is 5.57. The molecule has 5 aromatic heterocycles. The maximum Gasteiger partial charge on any atom is 0.0555 e. The molecule has 13 rings (SSSR count). The lowest BCUT2D eigenvalue weighted by Gasteiger charge is -2.08. The molecule has 0 atom stereocenters. The first-order valence-electron chi connectivity index (χ1n) is 17.9. The van der Waals surface area contributed by atoms with E-state index in [1.165, 1.54) is 116 Å². The zero-order valence-electron chi connectivity index (χ0n) is 28.1. The van der Waals surface area contributed by atoms with Crippen molar-refractivity contribution in [1.82, 2.24) is 9.13 Å². The van der Waals surface area contributed by atoms with Crippen LogP contribution in [0, 0.1) is 0 Å². The van der Waals surface area contributed by atoms with Gasteiger partial charge < -0.3 is 9.13 Å². The third-order valence-electron chi connectivity index (χ3n) is 11.3. The number of aromatic nitrogens is 2. The summed E-state index contributed by atoms with van der Waals surface area (Å²) < 4.78 is 13.0. The first-order valence-corrected chi connectivity index (χ1v) is 20.4. The zero-order valence-corrected chi connectivity index (χ0v) is 30.6. The summed E-state index contributed by atoms with van der Waals surface area (Å²) in [6.45, 7) is 0. The Morgan fingerprint density at radius 2 is 0.698 bits per heavy atom. The number of hydrogen-bond acceptors (Lipinski definition) is 3. The Bertz CT molecular complexity index is 3450. The van der Waals surface area contributed by atoms with E-state index in [1.807, 2.05) is 34.0 Å². The first-order chi connectivity index (χ1) is 26.3. The molecule has 5 heteroatoms. The van der Waals surface area contributed by atoms with Crippen molar-refractivity contribution in [3.63, 3.8) is 0 Å². The predicted molar refractivity (Wildman–Crippen MR) is 234 cm³/mol. The first kappa shape index (κ1) is 28.6. The quantitative estimate of drug-likeness (QED) is 0.168. The number of nitrogens with zero attached hydrogens (tertiary/aromatic N) is 2. The van der Waals surface area contributed by atoms with Crippen LogP contribution >= 0.6 is 34.0 Å². The van der Waals surface area contributed by atoms with Crippen molar-refractivity contribution in [2.24, 2.45) is 0 Å². The molecule has 5 heterocycles. The fourth-order valence-electron chi connectivity index (χ4n) is 9.06. The molecule has 13 aromatic rings. The molecule has 0 spiro atoms. The summed E-state index contributed by atoms with van der Waals surface area (Å²) in [6.07, 6.45) is 0. The summed E-state index contributed by atoms with van der Waals surface area (Å²) in [4.78, 5) is 0. The molecule has 0 unspecified atom stereocenters. The molecule has 0 aliphatic heterocycles. The van der Waals surface area contributed by atoms with Crippen LogP contribution in [0.25, 0.3) is 116 Å². The van der Waals surface area contributed by atoms with E-state index in [1.54, 1.807) is 0 Å². The van der Waals surface area contributed by atoms with E-state index in [9.17, 15) is 0 Å². The second-order valence-electron chi connectivity index (χ2n) is 14.0. The van der Waals surface area contributed by atoms with Crippen molar-refractivity contribution in [3.05, 3.63) is 158 Å². The highest BCUT2D eigenvalue weighted by atomic mass is 32.1. The fourth-order valence-corrected chi connectivity index (χ4v) is 12.6. The third-order valence-corrected chi connectivity index (χ3v) is 14.9. The Balaban J connectivity index is 1.10. The lowest BCUT2D eigenvalue weighted by molar-refractivity contribution is 1.19. The number of benzene rings is 8. The molecule has 0 fully saturated rings. The van der Waals surface area contributed by atoms with Crippen LogP contribution in [0.5, 0.6) is 0 Å². The highest BCUT2D eigenvalue weighted by Crippen LogP contribution is 2.48. The predicted octanol–water partition coefficient (Wildman–Crippen LogP) is 15.0. The van der Waals surface area contributed by atoms with Gasteiger partial charge >= 0.3 is 0 Å². The molecule has 246 valence electrons. The van der Waals surface area contributed by atoms with Gasteiger partial charge in [-0.2, -0.15) is 0 Å². The number of thiophene rings is 3. The number of hydrogen-bond donors (Lipinski definition) is 0. The summed E-state index contributed by atoms with van der Waals surface area (Å²) in [6, 6.07) is 58.9. The maximum absolute atomic E-state index is 2.48. The minimum Gasteiger partial charge on any atom is -0.309 e. The summed E-state index contributed by atoms with van der Waals surface area (Å²) in [5.74, 6) is 0. The summed E-state index contributed by atoms with van der Waals surface area (Å²) >= 11 is 5.70. The van der Waals surface area contributed by atoms with E-state index in [0.717, 1.165) is 0 Å². The van der Waals surface area contributed by atoms with Gasteiger partial charge in [0.1, 0.15) is 0 Å². The second kappa shape index (κ2) is 10.3. The normalized spacial score (nSPS) is 12.5. The smallest absolute Gasteiger partial charge is 0.0555 e. The molecule has 0 N–H and O–H groups in total. The lowest BCUT2D eigenvalue weighted by Crippen LogP contribution is -1.93. The molecular formula is C48H26N2S3. The number of rotatable bonds is 2. The van der Waals surface area contributed by atoms with Crippen molar-refractivity contribution in [2.75, 3.05) is 0 Å². The van der Waals surface area contributed by atoms with Crippen LogP contribution in [0.3, 0.4) is 0 Å². The van der Waals surface area contributed by atoms with Gasteiger partial charge in [0, 0.05) is 93.4 Å². The van der Waals surface area contributed by atoms with Crippen LogP contribution in [-0.2, 0) is 0 Å². The Morgan fingerprint density at radius 3 is 1.19 bits per heavy atom. The summed E-state index contributed by atoms with van der Waals surface area (Å²) in [5, 5.41) is 13.2. The van der Waals surface area contributed by atoms with Crippen LogP contribution in [-0.4, -0.2) is 9.13 Å². The third kappa shape index (κ3) is 3.76. The highest BCUT2D eigenvalue weighted by molar-refractivity contribution is 7.28. The molecule has 0 radical (unpaired) electrons. The Morgan fingerprint density at radius 1 is 0.283 bits per heavy atom. The van der Waals surface area contributed by atoms with Crippen molar-refractivity contribution in [1.29, 1.82) is 0 Å². The van der Waals surface area contributed by atoms with Crippen molar-refractivity contribution < 1.29 is 0 Å². The zero-order chi connectivity index (χ0) is 34.4. The summed E-state index contributed by atoms with van der Waals surface area (Å²) in [5.41, 5.74) is 7.38. The van der Waals surface area contributed by atoms with Crippen LogP contribution in [0.1, 0.15) is 0 Å². The molecule has 0 saturated carbocycles. The van der Waals surface area contributed by atoms with E-state index >= 15 is 0 Å². The SMILES string of the molecule is c1ccc2c(c1)sc1ccc(-n3c4ccccc4c4c5sc6c(ccc7c6c6ccccc6n7-c6ccc7sc8ccccc8c7c6)c5ccc43)cc12. The molecule has 0 bridgehead atoms. The fraction of sp³-hybridized carbons (Fsp3) is 0. The van der Waals surface area contributed by atoms with E-state index in [4.69, 9.17) is 0 Å². The van der Waals surface area contributed by atoms with E-state index in [0.29, 0.717) is 0 Å². The van der Waals surface area contributed by atoms with Gasteiger partial charge in [0.25, 0.3) is 0 Å². The van der Waals surface area contributed by atoms with E-state index in [2.05, 4.69) is 167 Å². The molecule has 8 aromatic carbocycles. The molecule has 0 amide bonds. The minimum absolute atomic E-state index is 1.20. The largest absolute Gasteiger partial charge is 0.309 e. The molecular weight excluding hydrogens is 701 g/mol. The molecule has 0 aliphatic rings. The highest BCUT2D eigenvalue weighted by Gasteiger charge is 2.22. The van der Waals surface area contributed by atoms with Crippen LogP contribution in [0.4, 0.5) is 0 Å². The van der Waals surface area contributed by atoms with E-state index < -0.39 is 0 Å². The second-order valence-corrected chi connectivity index (χ2v) is 17.2. The van der Waals surface area contributed by atoms with Crippen LogP contribution < -0.4 is 0 Å². The van der Waals surface area contributed by atoms with E-state index in [-0.39, 0.29) is 0 Å². The average Bonchev–Trinajstić information content (AvgIpc) is 4.01. The van der Waals surface area contributed by atoms with Gasteiger partial charge in [0.2, 0.25) is 0 Å². The van der Waals surface area contributed by atoms with Gasteiger partial charge in [-0.1, -0.05) is 84.9 Å². The molecule has 0 aliphatic carbocycles. The molecule has 2 nitrogen and oxygen atoms in total. The number of fused-ring (bicyclic) bond motifs is 17. The van der Waals surface area contributed by atoms with Gasteiger partial charge in [-0.15, -0.1) is 34.0 Å². The van der Waals surface area contributed by atoms with Crippen molar-refractivity contribution in [3.8, 4) is 11.4 Å². The maximum atomic E-state index is 2.48. The van der Waals surface area contributed by atoms with Crippen LogP contribution in [0.15, 0.2) is 158 Å². The lowest BCUT2D eigenvalue weighted by atomic mass is 10.1. The van der Waals surface area contributed by atoms with Gasteiger partial charge in [-0.25, -0.2) is 0 Å². The number of para-hydroxylation sites is 2. The summed E-state index contributed by atoms with van der Waals surface area (Å²) in [7, 11) is 0. The van der Waals surface area contributed by atoms with Gasteiger partial charge in [-0.3, -0.25) is 0 Å². The average molecular weight is 727 g/mol. The Labute approximate surface area is 314 Å². The van der Waals surface area contributed by atoms with Gasteiger partial charge in [0.15, 0.2) is 0 Å². The van der Waals surface area contributed by atoms with Gasteiger partial charge in [0.05, 0.1) is 22.1 Å². The van der Waals surface area contributed by atoms with Crippen molar-refractivity contribution >= 4 is 138 Å². The monoisotopic (exact) mass is 726 g/mol. The standard InChI is InChI=1S/C48H26N2S3/c1-5-13-37-33(11-1)45-39(49(37)27-17-23-43-35(25-27)29-9-3-7-15-41(29)51-43)21-19-31-32-20-22-40-46(48(32)53-47(31)45)34-12-2-6-14-38(34)50(40)28-18-24-44-36(26-28)30-10-4-8-16-42(30)52-44/h1-26H.